The molecule has 14 heavy (non-hydrogen) atoms. The zero-order valence-electron chi connectivity index (χ0n) is 8.59. The maximum Gasteiger partial charge on any atom is 0.118 e. The fourth-order valence-corrected chi connectivity index (χ4v) is 1.71. The highest BCUT2D eigenvalue weighted by Gasteiger charge is 2.37. The lowest BCUT2D eigenvalue weighted by atomic mass is 10.0. The first kappa shape index (κ1) is 9.53. The van der Waals surface area contributed by atoms with E-state index in [0.717, 1.165) is 31.2 Å². The Hall–Kier alpha value is -1.02. The third-order valence-electron chi connectivity index (χ3n) is 3.02. The molecular formula is C12H17NO. The number of nitrogens with two attached hydrogens (primary N) is 1. The first-order valence-corrected chi connectivity index (χ1v) is 5.16. The first-order valence-electron chi connectivity index (χ1n) is 5.16. The van der Waals surface area contributed by atoms with Crippen molar-refractivity contribution >= 4 is 0 Å². The second-order valence-electron chi connectivity index (χ2n) is 4.49. The van der Waals surface area contributed by atoms with Crippen LogP contribution in [0.25, 0.3) is 0 Å². The molecule has 1 aromatic carbocycles. The molecule has 0 saturated heterocycles. The Balaban J connectivity index is 2.04. The number of hydrogen-bond acceptors (Lipinski definition) is 2. The van der Waals surface area contributed by atoms with Gasteiger partial charge in [0.25, 0.3) is 0 Å². The van der Waals surface area contributed by atoms with Gasteiger partial charge in [0.2, 0.25) is 0 Å². The molecule has 76 valence electrons. The Morgan fingerprint density at radius 2 is 2.14 bits per heavy atom. The molecule has 0 heterocycles. The minimum Gasteiger partial charge on any atom is -0.508 e. The maximum absolute atomic E-state index is 9.61. The molecule has 1 aliphatic rings. The number of aromatic hydroxyl groups is 1. The van der Waals surface area contributed by atoms with E-state index < -0.39 is 0 Å². The van der Waals surface area contributed by atoms with E-state index in [1.807, 2.05) is 19.1 Å². The van der Waals surface area contributed by atoms with Crippen LogP contribution in [-0.2, 0) is 6.42 Å². The molecule has 1 saturated carbocycles. The number of aryl methyl sites for hydroxylation is 2. The number of rotatable bonds is 3. The fourth-order valence-electron chi connectivity index (χ4n) is 1.71. The largest absolute Gasteiger partial charge is 0.508 e. The van der Waals surface area contributed by atoms with Crippen molar-refractivity contribution in [3.63, 3.8) is 0 Å². The molecule has 2 heteroatoms. The molecule has 3 N–H and O–H groups in total. The van der Waals surface area contributed by atoms with Crippen molar-refractivity contribution in [1.29, 1.82) is 0 Å². The summed E-state index contributed by atoms with van der Waals surface area (Å²) in [6.07, 6.45) is 4.16. The number of phenolic OH excluding ortho intramolecular Hbond substituents is 1. The molecule has 0 atom stereocenters. The standard InChI is InChI=1S/C12H17NO/c1-9-2-3-11(14)10(8-9)4-5-12(13)6-7-12/h2-3,8,14H,4-7,13H2,1H3. The molecule has 1 aromatic rings. The predicted molar refractivity (Wildman–Crippen MR) is 57.3 cm³/mol. The van der Waals surface area contributed by atoms with Crippen molar-refractivity contribution in [2.75, 3.05) is 0 Å². The van der Waals surface area contributed by atoms with Gasteiger partial charge in [-0.3, -0.25) is 0 Å². The van der Waals surface area contributed by atoms with Crippen LogP contribution in [0.4, 0.5) is 0 Å². The van der Waals surface area contributed by atoms with Crippen LogP contribution in [-0.4, -0.2) is 10.6 Å². The molecule has 0 radical (unpaired) electrons. The van der Waals surface area contributed by atoms with Crippen molar-refractivity contribution in [3.05, 3.63) is 29.3 Å². The molecule has 0 aromatic heterocycles. The van der Waals surface area contributed by atoms with Crippen molar-refractivity contribution in [1.82, 2.24) is 0 Å². The SMILES string of the molecule is Cc1ccc(O)c(CCC2(N)CC2)c1. The molecule has 1 aliphatic carbocycles. The Labute approximate surface area is 84.7 Å². The summed E-state index contributed by atoms with van der Waals surface area (Å²) in [6, 6.07) is 5.73. The molecule has 0 unspecified atom stereocenters. The van der Waals surface area contributed by atoms with Crippen LogP contribution >= 0.6 is 0 Å². The predicted octanol–water partition coefficient (Wildman–Crippen LogP) is 2.12. The van der Waals surface area contributed by atoms with Gasteiger partial charge in [0, 0.05) is 5.54 Å². The van der Waals surface area contributed by atoms with Gasteiger partial charge < -0.3 is 10.8 Å². The van der Waals surface area contributed by atoms with Crippen LogP contribution in [0.5, 0.6) is 5.75 Å². The molecule has 0 bridgehead atoms. The van der Waals surface area contributed by atoms with Gasteiger partial charge in [-0.05, 0) is 44.2 Å². The number of hydrogen-bond donors (Lipinski definition) is 2. The average molecular weight is 191 g/mol. The normalized spacial score (nSPS) is 18.1. The zero-order chi connectivity index (χ0) is 10.2. The van der Waals surface area contributed by atoms with E-state index in [4.69, 9.17) is 5.73 Å². The summed E-state index contributed by atoms with van der Waals surface area (Å²) < 4.78 is 0. The van der Waals surface area contributed by atoms with Crippen LogP contribution in [0, 0.1) is 6.92 Å². The lowest BCUT2D eigenvalue weighted by molar-refractivity contribution is 0.464. The smallest absolute Gasteiger partial charge is 0.118 e. The number of phenols is 1. The van der Waals surface area contributed by atoms with Crippen LogP contribution in [0.3, 0.4) is 0 Å². The van der Waals surface area contributed by atoms with Gasteiger partial charge in [0.1, 0.15) is 5.75 Å². The molecule has 0 aliphatic heterocycles. The van der Waals surface area contributed by atoms with Crippen LogP contribution in [0.15, 0.2) is 18.2 Å². The van der Waals surface area contributed by atoms with Gasteiger partial charge in [-0.2, -0.15) is 0 Å². The van der Waals surface area contributed by atoms with E-state index >= 15 is 0 Å². The van der Waals surface area contributed by atoms with Crippen molar-refractivity contribution < 1.29 is 5.11 Å². The summed E-state index contributed by atoms with van der Waals surface area (Å²) in [5.41, 5.74) is 8.30. The van der Waals surface area contributed by atoms with Crippen molar-refractivity contribution in [2.45, 2.75) is 38.1 Å². The Bertz CT molecular complexity index is 342. The third-order valence-corrected chi connectivity index (χ3v) is 3.02. The van der Waals surface area contributed by atoms with Gasteiger partial charge >= 0.3 is 0 Å². The van der Waals surface area contributed by atoms with Gasteiger partial charge in [-0.15, -0.1) is 0 Å². The minimum absolute atomic E-state index is 0.0795. The molecule has 2 nitrogen and oxygen atoms in total. The Kier molecular flexibility index (Phi) is 2.23. The molecule has 1 fully saturated rings. The van der Waals surface area contributed by atoms with Gasteiger partial charge in [-0.25, -0.2) is 0 Å². The average Bonchev–Trinajstić information content (AvgIpc) is 2.87. The van der Waals surface area contributed by atoms with E-state index in [1.54, 1.807) is 6.07 Å². The topological polar surface area (TPSA) is 46.2 Å². The molecule has 0 spiro atoms. The summed E-state index contributed by atoms with van der Waals surface area (Å²) in [5, 5.41) is 9.61. The molecular weight excluding hydrogens is 174 g/mol. The molecule has 2 rings (SSSR count). The highest BCUT2D eigenvalue weighted by atomic mass is 16.3. The van der Waals surface area contributed by atoms with E-state index in [-0.39, 0.29) is 5.54 Å². The highest BCUT2D eigenvalue weighted by molar-refractivity contribution is 5.36. The Morgan fingerprint density at radius 3 is 2.79 bits per heavy atom. The zero-order valence-corrected chi connectivity index (χ0v) is 8.59. The lowest BCUT2D eigenvalue weighted by Gasteiger charge is -2.09. The fraction of sp³-hybridized carbons (Fsp3) is 0.500. The first-order chi connectivity index (χ1) is 6.59. The quantitative estimate of drug-likeness (QED) is 0.768. The summed E-state index contributed by atoms with van der Waals surface area (Å²) in [5.74, 6) is 0.403. The lowest BCUT2D eigenvalue weighted by Crippen LogP contribution is -2.22. The molecule has 0 amide bonds. The Morgan fingerprint density at radius 1 is 1.43 bits per heavy atom. The van der Waals surface area contributed by atoms with Crippen LogP contribution in [0.1, 0.15) is 30.4 Å². The van der Waals surface area contributed by atoms with Crippen molar-refractivity contribution in [2.24, 2.45) is 5.73 Å². The van der Waals surface area contributed by atoms with E-state index in [0.29, 0.717) is 5.75 Å². The van der Waals surface area contributed by atoms with E-state index in [2.05, 4.69) is 0 Å². The summed E-state index contributed by atoms with van der Waals surface area (Å²) in [4.78, 5) is 0. The van der Waals surface area contributed by atoms with Crippen molar-refractivity contribution in [3.8, 4) is 5.75 Å². The number of benzene rings is 1. The monoisotopic (exact) mass is 191 g/mol. The highest BCUT2D eigenvalue weighted by Crippen LogP contribution is 2.37. The summed E-state index contributed by atoms with van der Waals surface area (Å²) in [7, 11) is 0. The minimum atomic E-state index is 0.0795. The van der Waals surface area contributed by atoms with Gasteiger partial charge in [-0.1, -0.05) is 17.7 Å². The second kappa shape index (κ2) is 3.28. The third kappa shape index (κ3) is 2.07. The second-order valence-corrected chi connectivity index (χ2v) is 4.49. The van der Waals surface area contributed by atoms with Gasteiger partial charge in [0.05, 0.1) is 0 Å². The maximum atomic E-state index is 9.61. The van der Waals surface area contributed by atoms with Crippen LogP contribution < -0.4 is 5.73 Å². The summed E-state index contributed by atoms with van der Waals surface area (Å²) in [6.45, 7) is 2.04. The van der Waals surface area contributed by atoms with Crippen LogP contribution in [0.2, 0.25) is 0 Å². The summed E-state index contributed by atoms with van der Waals surface area (Å²) >= 11 is 0. The van der Waals surface area contributed by atoms with E-state index in [1.165, 1.54) is 5.56 Å². The van der Waals surface area contributed by atoms with Gasteiger partial charge in [0.15, 0.2) is 0 Å². The van der Waals surface area contributed by atoms with E-state index in [9.17, 15) is 5.11 Å².